The van der Waals surface area contributed by atoms with Crippen LogP contribution in [0, 0.1) is 5.92 Å². The van der Waals surface area contributed by atoms with Gasteiger partial charge in [0, 0.05) is 23.6 Å². The van der Waals surface area contributed by atoms with Gasteiger partial charge >= 0.3 is 5.63 Å². The van der Waals surface area contributed by atoms with Gasteiger partial charge in [-0.25, -0.2) is 4.79 Å². The van der Waals surface area contributed by atoms with Crippen LogP contribution in [0.5, 0.6) is 5.75 Å². The number of hydrogen-bond donors (Lipinski definition) is 1. The normalized spacial score (nSPS) is 20.8. The van der Waals surface area contributed by atoms with Gasteiger partial charge in [-0.05, 0) is 36.5 Å². The molecule has 1 aromatic carbocycles. The van der Waals surface area contributed by atoms with Gasteiger partial charge in [0.15, 0.2) is 0 Å². The molecule has 0 spiro atoms. The Labute approximate surface area is 141 Å². The number of carbonyl (C=O) groups is 1. The highest BCUT2D eigenvalue weighted by Crippen LogP contribution is 2.25. The van der Waals surface area contributed by atoms with E-state index in [1.54, 1.807) is 19.2 Å². The number of fused-ring (bicyclic) bond motifs is 1. The fourth-order valence-electron chi connectivity index (χ4n) is 3.50. The molecule has 3 rings (SSSR count). The first-order chi connectivity index (χ1) is 11.5. The zero-order valence-corrected chi connectivity index (χ0v) is 14.1. The molecule has 5 heteroatoms. The maximum atomic E-state index is 12.4. The van der Waals surface area contributed by atoms with Crippen LogP contribution >= 0.6 is 0 Å². The number of ether oxygens (including phenoxy) is 1. The lowest BCUT2D eigenvalue weighted by Gasteiger charge is -2.27. The van der Waals surface area contributed by atoms with Crippen molar-refractivity contribution in [2.24, 2.45) is 5.92 Å². The van der Waals surface area contributed by atoms with Crippen LogP contribution < -0.4 is 15.7 Å². The van der Waals surface area contributed by atoms with Crippen molar-refractivity contribution in [3.63, 3.8) is 0 Å². The van der Waals surface area contributed by atoms with Crippen molar-refractivity contribution in [2.45, 2.75) is 45.1 Å². The molecule has 0 aliphatic heterocycles. The van der Waals surface area contributed by atoms with Gasteiger partial charge in [-0.2, -0.15) is 0 Å². The van der Waals surface area contributed by atoms with Crippen molar-refractivity contribution in [2.75, 3.05) is 7.11 Å². The highest BCUT2D eigenvalue weighted by atomic mass is 16.5. The molecule has 0 saturated heterocycles. The zero-order chi connectivity index (χ0) is 17.1. The van der Waals surface area contributed by atoms with Crippen molar-refractivity contribution in [3.05, 3.63) is 40.2 Å². The molecule has 1 saturated carbocycles. The van der Waals surface area contributed by atoms with Crippen LogP contribution in [-0.2, 0) is 11.2 Å². The predicted octanol–water partition coefficient (Wildman–Crippen LogP) is 3.04. The smallest absolute Gasteiger partial charge is 0.336 e. The van der Waals surface area contributed by atoms with Gasteiger partial charge in [-0.1, -0.05) is 19.8 Å². The van der Waals surface area contributed by atoms with Crippen molar-refractivity contribution in [3.8, 4) is 5.75 Å². The Morgan fingerprint density at radius 3 is 2.92 bits per heavy atom. The molecule has 2 atom stereocenters. The molecule has 1 N–H and O–H groups in total. The molecule has 1 amide bonds. The third kappa shape index (κ3) is 3.78. The number of rotatable bonds is 4. The summed E-state index contributed by atoms with van der Waals surface area (Å²) in [5.41, 5.74) is 0.672. The summed E-state index contributed by atoms with van der Waals surface area (Å²) in [5.74, 6) is 1.22. The predicted molar refractivity (Wildman–Crippen MR) is 92.3 cm³/mol. The summed E-state index contributed by atoms with van der Waals surface area (Å²) in [7, 11) is 1.56. The third-order valence-electron chi connectivity index (χ3n) is 4.69. The fraction of sp³-hybridized carbons (Fsp3) is 0.474. The molecular weight excluding hydrogens is 306 g/mol. The number of amides is 1. The number of hydrogen-bond acceptors (Lipinski definition) is 4. The van der Waals surface area contributed by atoms with Crippen molar-refractivity contribution >= 4 is 16.9 Å². The Morgan fingerprint density at radius 1 is 1.33 bits per heavy atom. The standard InChI is InChI=1S/C19H23NO4/c1-12-4-3-5-14(8-12)20-18(21)9-13-10-19(22)24-17-11-15(23-2)6-7-16(13)17/h6-7,10-12,14H,3-5,8-9H2,1-2H3,(H,20,21). The van der Waals surface area contributed by atoms with Crippen LogP contribution in [0.15, 0.2) is 33.5 Å². The lowest BCUT2D eigenvalue weighted by atomic mass is 9.87. The number of methoxy groups -OCH3 is 1. The van der Waals surface area contributed by atoms with E-state index in [1.807, 2.05) is 6.07 Å². The molecule has 1 fully saturated rings. The van der Waals surface area contributed by atoms with Gasteiger partial charge in [0.25, 0.3) is 0 Å². The SMILES string of the molecule is COc1ccc2c(CC(=O)NC3CCCC(C)C3)cc(=O)oc2c1. The van der Waals surface area contributed by atoms with Gasteiger partial charge in [-0.3, -0.25) is 4.79 Å². The maximum absolute atomic E-state index is 12.4. The minimum Gasteiger partial charge on any atom is -0.497 e. The minimum atomic E-state index is -0.454. The molecule has 0 radical (unpaired) electrons. The number of benzene rings is 1. The lowest BCUT2D eigenvalue weighted by Crippen LogP contribution is -2.38. The van der Waals surface area contributed by atoms with Crippen LogP contribution in [0.3, 0.4) is 0 Å². The largest absolute Gasteiger partial charge is 0.497 e. The van der Waals surface area contributed by atoms with Gasteiger partial charge < -0.3 is 14.5 Å². The van der Waals surface area contributed by atoms with Crippen LogP contribution in [0.2, 0.25) is 0 Å². The zero-order valence-electron chi connectivity index (χ0n) is 14.1. The highest BCUT2D eigenvalue weighted by molar-refractivity contribution is 5.87. The Bertz CT molecular complexity index is 796. The molecule has 2 aromatic rings. The minimum absolute atomic E-state index is 0.0446. The Kier molecular flexibility index (Phi) is 4.88. The van der Waals surface area contributed by atoms with E-state index in [2.05, 4.69) is 12.2 Å². The first kappa shape index (κ1) is 16.6. The summed E-state index contributed by atoms with van der Waals surface area (Å²) >= 11 is 0. The summed E-state index contributed by atoms with van der Waals surface area (Å²) in [4.78, 5) is 24.2. The summed E-state index contributed by atoms with van der Waals surface area (Å²) in [5, 5.41) is 3.87. The van der Waals surface area contributed by atoms with Crippen LogP contribution in [0.1, 0.15) is 38.2 Å². The van der Waals surface area contributed by atoms with Crippen molar-refractivity contribution in [1.82, 2.24) is 5.32 Å². The molecule has 1 aromatic heterocycles. The van der Waals surface area contributed by atoms with E-state index in [0.29, 0.717) is 22.8 Å². The van der Waals surface area contributed by atoms with Crippen molar-refractivity contribution in [1.29, 1.82) is 0 Å². The lowest BCUT2D eigenvalue weighted by molar-refractivity contribution is -0.121. The molecule has 24 heavy (non-hydrogen) atoms. The molecule has 2 unspecified atom stereocenters. The maximum Gasteiger partial charge on any atom is 0.336 e. The van der Waals surface area contributed by atoms with E-state index in [9.17, 15) is 9.59 Å². The summed E-state index contributed by atoms with van der Waals surface area (Å²) in [6.45, 7) is 2.22. The molecule has 1 aliphatic carbocycles. The number of nitrogens with one attached hydrogen (secondary N) is 1. The van der Waals surface area contributed by atoms with Gasteiger partial charge in [-0.15, -0.1) is 0 Å². The Morgan fingerprint density at radius 2 is 2.17 bits per heavy atom. The monoisotopic (exact) mass is 329 g/mol. The van der Waals surface area contributed by atoms with Crippen molar-refractivity contribution < 1.29 is 13.9 Å². The van der Waals surface area contributed by atoms with Gasteiger partial charge in [0.2, 0.25) is 5.91 Å². The first-order valence-electron chi connectivity index (χ1n) is 8.45. The summed E-state index contributed by atoms with van der Waals surface area (Å²) < 4.78 is 10.4. The van der Waals surface area contributed by atoms with E-state index in [-0.39, 0.29) is 18.4 Å². The average Bonchev–Trinajstić information content (AvgIpc) is 2.53. The number of carbonyl (C=O) groups excluding carboxylic acids is 1. The average molecular weight is 329 g/mol. The van der Waals surface area contributed by atoms with Crippen LogP contribution in [0.25, 0.3) is 11.0 Å². The van der Waals surface area contributed by atoms with E-state index >= 15 is 0 Å². The summed E-state index contributed by atoms with van der Waals surface area (Å²) in [6, 6.07) is 6.93. The molecule has 1 aliphatic rings. The molecule has 1 heterocycles. The quantitative estimate of drug-likeness (QED) is 0.876. The first-order valence-corrected chi connectivity index (χ1v) is 8.45. The van der Waals surface area contributed by atoms with E-state index in [1.165, 1.54) is 12.5 Å². The molecule has 0 bridgehead atoms. The molecular formula is C19H23NO4. The Balaban J connectivity index is 1.79. The van der Waals surface area contributed by atoms with Crippen LogP contribution in [-0.4, -0.2) is 19.1 Å². The Hall–Kier alpha value is -2.30. The van der Waals surface area contributed by atoms with Gasteiger partial charge in [0.05, 0.1) is 13.5 Å². The van der Waals surface area contributed by atoms with E-state index in [0.717, 1.165) is 24.6 Å². The highest BCUT2D eigenvalue weighted by Gasteiger charge is 2.21. The molecule has 5 nitrogen and oxygen atoms in total. The fourth-order valence-corrected chi connectivity index (χ4v) is 3.50. The van der Waals surface area contributed by atoms with Crippen LogP contribution in [0.4, 0.5) is 0 Å². The molecule has 128 valence electrons. The third-order valence-corrected chi connectivity index (χ3v) is 4.69. The second-order valence-corrected chi connectivity index (χ2v) is 6.67. The van der Waals surface area contributed by atoms with E-state index < -0.39 is 5.63 Å². The topological polar surface area (TPSA) is 68.5 Å². The second kappa shape index (κ2) is 7.07. The second-order valence-electron chi connectivity index (χ2n) is 6.67. The van der Waals surface area contributed by atoms with Gasteiger partial charge in [0.1, 0.15) is 11.3 Å². The van der Waals surface area contributed by atoms with E-state index in [4.69, 9.17) is 9.15 Å². The summed E-state index contributed by atoms with van der Waals surface area (Å²) in [6.07, 6.45) is 4.63.